The van der Waals surface area contributed by atoms with E-state index in [1.807, 2.05) is 30.3 Å². The van der Waals surface area contributed by atoms with Crippen LogP contribution in [0.5, 0.6) is 0 Å². The van der Waals surface area contributed by atoms with Crippen molar-refractivity contribution in [1.29, 1.82) is 0 Å². The molecule has 3 aromatic rings. The summed E-state index contributed by atoms with van der Waals surface area (Å²) < 4.78 is 21.4. The van der Waals surface area contributed by atoms with Crippen LogP contribution in [0.1, 0.15) is 61.8 Å². The Hall–Kier alpha value is -3.04. The van der Waals surface area contributed by atoms with Gasteiger partial charge in [0.25, 0.3) is 11.7 Å². The van der Waals surface area contributed by atoms with Crippen molar-refractivity contribution in [2.45, 2.75) is 69.0 Å². The summed E-state index contributed by atoms with van der Waals surface area (Å²) in [6.45, 7) is 4.29. The van der Waals surface area contributed by atoms with Gasteiger partial charge in [0.2, 0.25) is 5.78 Å². The van der Waals surface area contributed by atoms with Gasteiger partial charge >= 0.3 is 0 Å². The van der Waals surface area contributed by atoms with Crippen LogP contribution < -0.4 is 5.32 Å². The Balaban J connectivity index is 1.23. The van der Waals surface area contributed by atoms with Crippen molar-refractivity contribution < 1.29 is 23.5 Å². The fourth-order valence-electron chi connectivity index (χ4n) is 5.80. The van der Waals surface area contributed by atoms with Crippen molar-refractivity contribution in [2.75, 3.05) is 12.3 Å². The van der Waals surface area contributed by atoms with Gasteiger partial charge in [0, 0.05) is 12.6 Å². The zero-order valence-electron chi connectivity index (χ0n) is 22.3. The SMILES string of the molecule is C[C@H]1CCCCN1Cc1ccc2c(c1)CCC[C@H]2NC(=O)C(=O)C(=O)CS(O)(O)c1ccc2ccccc2c1. The minimum atomic E-state index is -3.59. The second-order valence-corrected chi connectivity index (χ2v) is 12.9. The van der Waals surface area contributed by atoms with Gasteiger partial charge in [-0.1, -0.05) is 55.0 Å². The monoisotopic (exact) mass is 548 g/mol. The fraction of sp³-hybridized carbons (Fsp3) is 0.387. The molecule has 3 N–H and O–H groups in total. The van der Waals surface area contributed by atoms with Crippen molar-refractivity contribution in [3.8, 4) is 0 Å². The first-order valence-electron chi connectivity index (χ1n) is 13.7. The van der Waals surface area contributed by atoms with E-state index in [1.165, 1.54) is 30.9 Å². The molecule has 3 aromatic carbocycles. The molecule has 0 radical (unpaired) electrons. The molecule has 206 valence electrons. The summed E-state index contributed by atoms with van der Waals surface area (Å²) in [5.74, 6) is -4.18. The maximum absolute atomic E-state index is 12.8. The van der Waals surface area contributed by atoms with E-state index in [2.05, 4.69) is 29.3 Å². The van der Waals surface area contributed by atoms with Crippen molar-refractivity contribution in [1.82, 2.24) is 10.2 Å². The number of piperidine rings is 1. The molecule has 7 nitrogen and oxygen atoms in total. The molecule has 0 spiro atoms. The van der Waals surface area contributed by atoms with Crippen LogP contribution in [0, 0.1) is 0 Å². The van der Waals surface area contributed by atoms with Crippen molar-refractivity contribution >= 4 is 38.8 Å². The number of carbonyl (C=O) groups excluding carboxylic acids is 3. The summed E-state index contributed by atoms with van der Waals surface area (Å²) in [6, 6.07) is 18.8. The molecule has 1 saturated heterocycles. The quantitative estimate of drug-likeness (QED) is 0.248. The zero-order valence-corrected chi connectivity index (χ0v) is 23.1. The number of nitrogens with one attached hydrogen (secondary N) is 1. The lowest BCUT2D eigenvalue weighted by atomic mass is 9.86. The van der Waals surface area contributed by atoms with Crippen LogP contribution in [0.25, 0.3) is 10.8 Å². The Bertz CT molecular complexity index is 1400. The first-order valence-corrected chi connectivity index (χ1v) is 15.4. The highest BCUT2D eigenvalue weighted by Gasteiger charge is 2.32. The minimum Gasteiger partial charge on any atom is -0.342 e. The predicted molar refractivity (Wildman–Crippen MR) is 154 cm³/mol. The third kappa shape index (κ3) is 6.25. The number of rotatable bonds is 8. The molecule has 8 heteroatoms. The molecule has 39 heavy (non-hydrogen) atoms. The van der Waals surface area contributed by atoms with E-state index in [4.69, 9.17) is 0 Å². The third-order valence-corrected chi connectivity index (χ3v) is 9.72. The Morgan fingerprint density at radius 3 is 2.54 bits per heavy atom. The van der Waals surface area contributed by atoms with Gasteiger partial charge in [0.15, 0.2) is 0 Å². The van der Waals surface area contributed by atoms with Gasteiger partial charge in [-0.05, 0) is 85.2 Å². The van der Waals surface area contributed by atoms with Crippen molar-refractivity contribution in [2.24, 2.45) is 0 Å². The van der Waals surface area contributed by atoms with E-state index >= 15 is 0 Å². The molecule has 2 atom stereocenters. The maximum atomic E-state index is 12.8. The number of aryl methyl sites for hydroxylation is 1. The highest BCUT2D eigenvalue weighted by Crippen LogP contribution is 2.48. The highest BCUT2D eigenvalue weighted by atomic mass is 32.3. The van der Waals surface area contributed by atoms with Gasteiger partial charge in [0.05, 0.1) is 10.9 Å². The molecule has 5 rings (SSSR count). The number of amides is 1. The van der Waals surface area contributed by atoms with E-state index in [0.717, 1.165) is 47.8 Å². The van der Waals surface area contributed by atoms with E-state index in [-0.39, 0.29) is 10.9 Å². The largest absolute Gasteiger partial charge is 0.342 e. The average Bonchev–Trinajstić information content (AvgIpc) is 2.93. The Kier molecular flexibility index (Phi) is 8.19. The first kappa shape index (κ1) is 27.5. The van der Waals surface area contributed by atoms with E-state index in [1.54, 1.807) is 12.1 Å². The van der Waals surface area contributed by atoms with Gasteiger partial charge in [-0.2, -0.15) is 10.6 Å². The van der Waals surface area contributed by atoms with Crippen LogP contribution in [0.3, 0.4) is 0 Å². The summed E-state index contributed by atoms with van der Waals surface area (Å²) in [5.41, 5.74) is 3.39. The number of likely N-dealkylation sites (tertiary alicyclic amines) is 1. The number of hydrogen-bond acceptors (Lipinski definition) is 6. The number of carbonyl (C=O) groups is 3. The van der Waals surface area contributed by atoms with Gasteiger partial charge < -0.3 is 5.32 Å². The summed E-state index contributed by atoms with van der Waals surface area (Å²) in [6.07, 6.45) is 6.19. The van der Waals surface area contributed by atoms with Crippen LogP contribution in [-0.4, -0.2) is 49.8 Å². The predicted octanol–water partition coefficient (Wildman–Crippen LogP) is 5.66. The topological polar surface area (TPSA) is 107 Å². The average molecular weight is 549 g/mol. The number of benzene rings is 3. The minimum absolute atomic E-state index is 0.165. The summed E-state index contributed by atoms with van der Waals surface area (Å²) in [7, 11) is -3.59. The van der Waals surface area contributed by atoms with Gasteiger partial charge in [-0.25, -0.2) is 0 Å². The van der Waals surface area contributed by atoms with Crippen LogP contribution >= 0.6 is 10.6 Å². The number of fused-ring (bicyclic) bond motifs is 2. The van der Waals surface area contributed by atoms with Crippen LogP contribution in [0.15, 0.2) is 65.6 Å². The molecule has 1 aliphatic carbocycles. The summed E-state index contributed by atoms with van der Waals surface area (Å²) in [5, 5.41) is 4.44. The zero-order chi connectivity index (χ0) is 27.6. The van der Waals surface area contributed by atoms with E-state index < -0.39 is 33.8 Å². The van der Waals surface area contributed by atoms with E-state index in [0.29, 0.717) is 12.5 Å². The Labute approximate surface area is 230 Å². The van der Waals surface area contributed by atoms with Crippen LogP contribution in [-0.2, 0) is 27.3 Å². The molecule has 1 amide bonds. The highest BCUT2D eigenvalue weighted by molar-refractivity contribution is 8.25. The van der Waals surface area contributed by atoms with Crippen LogP contribution in [0.2, 0.25) is 0 Å². The van der Waals surface area contributed by atoms with E-state index in [9.17, 15) is 23.5 Å². The molecule has 1 aliphatic heterocycles. The molecule has 1 fully saturated rings. The first-order chi connectivity index (χ1) is 18.7. The molecular formula is C31H36N2O5S. The smallest absolute Gasteiger partial charge is 0.296 e. The van der Waals surface area contributed by atoms with Gasteiger partial charge in [-0.15, -0.1) is 0 Å². The lowest BCUT2D eigenvalue weighted by Crippen LogP contribution is -2.40. The summed E-state index contributed by atoms with van der Waals surface area (Å²) in [4.78, 5) is 40.8. The number of nitrogens with zero attached hydrogens (tertiary/aromatic N) is 1. The number of ketones is 2. The number of Topliss-reactive ketones (excluding diaryl/α,β-unsaturated/α-hetero) is 2. The van der Waals surface area contributed by atoms with Crippen LogP contribution in [0.4, 0.5) is 0 Å². The normalized spacial score (nSPS) is 20.3. The number of hydrogen-bond donors (Lipinski definition) is 3. The van der Waals surface area contributed by atoms with Gasteiger partial charge in [0.1, 0.15) is 5.75 Å². The molecule has 0 unspecified atom stereocenters. The third-order valence-electron chi connectivity index (χ3n) is 8.04. The fourth-order valence-corrected chi connectivity index (χ4v) is 7.06. The summed E-state index contributed by atoms with van der Waals surface area (Å²) >= 11 is 0. The lowest BCUT2D eigenvalue weighted by Gasteiger charge is -2.34. The molecule has 2 aliphatic rings. The van der Waals surface area contributed by atoms with Gasteiger partial charge in [-0.3, -0.25) is 28.4 Å². The molecule has 0 saturated carbocycles. The molecule has 0 aromatic heterocycles. The standard InChI is InChI=1S/C31H36N2O5S/c1-21-7-4-5-16-33(21)19-22-12-15-27-25(17-22)10-6-11-28(27)32-31(36)30(35)29(34)20-39(37,38)26-14-13-23-8-2-3-9-24(23)18-26/h2-3,8-9,12-15,17-18,21,28,37-38H,4-7,10-11,16,19-20H2,1H3,(H,32,36)/t21-,28+/m0/s1. The maximum Gasteiger partial charge on any atom is 0.296 e. The second-order valence-electron chi connectivity index (χ2n) is 10.8. The second kappa shape index (κ2) is 11.6. The lowest BCUT2D eigenvalue weighted by molar-refractivity contribution is -0.144. The molecule has 0 bridgehead atoms. The molecule has 1 heterocycles. The van der Waals surface area contributed by atoms with Crippen molar-refractivity contribution in [3.63, 3.8) is 0 Å². The Morgan fingerprint density at radius 2 is 1.74 bits per heavy atom. The molecular weight excluding hydrogens is 512 g/mol. The van der Waals surface area contributed by atoms with Crippen molar-refractivity contribution in [3.05, 3.63) is 77.4 Å². The Morgan fingerprint density at radius 1 is 0.949 bits per heavy atom.